The summed E-state index contributed by atoms with van der Waals surface area (Å²) in [5.74, 6) is 1.56. The second-order valence-electron chi connectivity index (χ2n) is 5.58. The van der Waals surface area contributed by atoms with Gasteiger partial charge in [-0.2, -0.15) is 0 Å². The second-order valence-corrected chi connectivity index (χ2v) is 6.43. The van der Waals surface area contributed by atoms with Gasteiger partial charge in [-0.1, -0.05) is 11.6 Å². The minimum Gasteiger partial charge on any atom is -0.492 e. The van der Waals surface area contributed by atoms with Gasteiger partial charge in [0.15, 0.2) is 11.5 Å². The van der Waals surface area contributed by atoms with Crippen LogP contribution in [-0.4, -0.2) is 20.3 Å². The van der Waals surface area contributed by atoms with Gasteiger partial charge in [-0.15, -0.1) is 12.4 Å². The van der Waals surface area contributed by atoms with Crippen LogP contribution < -0.4 is 14.8 Å². The minimum atomic E-state index is 0. The van der Waals surface area contributed by atoms with E-state index in [-0.39, 0.29) is 12.4 Å². The van der Waals surface area contributed by atoms with Crippen LogP contribution in [0.1, 0.15) is 44.6 Å². The van der Waals surface area contributed by atoms with E-state index in [4.69, 9.17) is 9.47 Å². The number of nitrogens with one attached hydrogen (secondary N) is 1. The molecule has 0 aromatic heterocycles. The summed E-state index contributed by atoms with van der Waals surface area (Å²) in [5, 5.41) is 3.52. The number of rotatable bonds is 8. The molecule has 0 saturated carbocycles. The van der Waals surface area contributed by atoms with E-state index in [1.165, 1.54) is 31.2 Å². The number of hydrogen-bond donors (Lipinski definition) is 1. The zero-order valence-corrected chi connectivity index (χ0v) is 16.4. The molecule has 0 saturated heterocycles. The maximum absolute atomic E-state index is 5.66. The first-order valence-electron chi connectivity index (χ1n) is 8.12. The monoisotopic (exact) mass is 403 g/mol. The van der Waals surface area contributed by atoms with Crippen LogP contribution in [0.3, 0.4) is 0 Å². The summed E-state index contributed by atoms with van der Waals surface area (Å²) in [7, 11) is 1.67. The van der Waals surface area contributed by atoms with Gasteiger partial charge >= 0.3 is 0 Å². The van der Waals surface area contributed by atoms with E-state index in [2.05, 4.69) is 39.5 Å². The van der Waals surface area contributed by atoms with Gasteiger partial charge < -0.3 is 14.8 Å². The van der Waals surface area contributed by atoms with Gasteiger partial charge in [-0.05, 0) is 79.2 Å². The van der Waals surface area contributed by atoms with E-state index < -0.39 is 0 Å². The van der Waals surface area contributed by atoms with Crippen molar-refractivity contribution in [1.82, 2.24) is 5.32 Å². The fourth-order valence-electron chi connectivity index (χ4n) is 2.80. The Morgan fingerprint density at radius 1 is 1.26 bits per heavy atom. The SMILES string of the molecule is CCOc1cc(CNCCC2=CCCCC2)cc(Br)c1OC.Cl. The van der Waals surface area contributed by atoms with Crippen molar-refractivity contribution in [3.8, 4) is 11.5 Å². The van der Waals surface area contributed by atoms with E-state index in [1.807, 2.05) is 6.92 Å². The van der Waals surface area contributed by atoms with Gasteiger partial charge in [0.05, 0.1) is 18.2 Å². The van der Waals surface area contributed by atoms with Crippen molar-refractivity contribution in [1.29, 1.82) is 0 Å². The molecule has 0 heterocycles. The normalized spacial score (nSPS) is 14.0. The molecule has 2 rings (SSSR count). The molecule has 0 fully saturated rings. The minimum absolute atomic E-state index is 0. The lowest BCUT2D eigenvalue weighted by molar-refractivity contribution is 0.309. The van der Waals surface area contributed by atoms with Crippen LogP contribution in [0.4, 0.5) is 0 Å². The third-order valence-electron chi connectivity index (χ3n) is 3.91. The standard InChI is InChI=1S/C18H26BrNO2.ClH/c1-3-22-17-12-15(11-16(19)18(17)21-2)13-20-10-9-14-7-5-4-6-8-14;/h7,11-12,20H,3-6,8-10,13H2,1-2H3;1H. The predicted molar refractivity (Wildman–Crippen MR) is 102 cm³/mol. The van der Waals surface area contributed by atoms with Crippen LogP contribution in [0, 0.1) is 0 Å². The van der Waals surface area contributed by atoms with E-state index >= 15 is 0 Å². The Bertz CT molecular complexity index is 520. The molecule has 0 radical (unpaired) electrons. The van der Waals surface area contributed by atoms with Crippen LogP contribution in [0.15, 0.2) is 28.3 Å². The molecule has 0 atom stereocenters. The van der Waals surface area contributed by atoms with Crippen molar-refractivity contribution in [2.24, 2.45) is 0 Å². The van der Waals surface area contributed by atoms with Gasteiger partial charge in [0.1, 0.15) is 0 Å². The first-order chi connectivity index (χ1) is 10.7. The first kappa shape index (κ1) is 20.3. The van der Waals surface area contributed by atoms with Crippen LogP contribution in [0.5, 0.6) is 11.5 Å². The average molecular weight is 405 g/mol. The molecule has 0 unspecified atom stereocenters. The molecule has 5 heteroatoms. The van der Waals surface area contributed by atoms with Gasteiger partial charge in [0.2, 0.25) is 0 Å². The lowest BCUT2D eigenvalue weighted by Gasteiger charge is -2.15. The largest absolute Gasteiger partial charge is 0.492 e. The smallest absolute Gasteiger partial charge is 0.174 e. The molecule has 1 aliphatic carbocycles. The molecule has 0 bridgehead atoms. The van der Waals surface area contributed by atoms with Crippen molar-refractivity contribution in [2.45, 2.75) is 45.6 Å². The summed E-state index contributed by atoms with van der Waals surface area (Å²) in [6.45, 7) is 4.49. The Kier molecular flexibility index (Phi) is 9.68. The molecule has 1 N–H and O–H groups in total. The third-order valence-corrected chi connectivity index (χ3v) is 4.50. The van der Waals surface area contributed by atoms with Crippen LogP contribution in [-0.2, 0) is 6.54 Å². The molecule has 130 valence electrons. The van der Waals surface area contributed by atoms with E-state index in [9.17, 15) is 0 Å². The molecular formula is C18H27BrClNO2. The Hall–Kier alpha value is -0.710. The number of benzene rings is 1. The summed E-state index contributed by atoms with van der Waals surface area (Å²) in [6.07, 6.45) is 8.84. The zero-order chi connectivity index (χ0) is 15.8. The summed E-state index contributed by atoms with van der Waals surface area (Å²) in [4.78, 5) is 0. The first-order valence-corrected chi connectivity index (χ1v) is 8.91. The summed E-state index contributed by atoms with van der Waals surface area (Å²) in [6, 6.07) is 4.15. The summed E-state index contributed by atoms with van der Waals surface area (Å²) in [5.41, 5.74) is 2.82. The van der Waals surface area contributed by atoms with Crippen molar-refractivity contribution in [3.63, 3.8) is 0 Å². The van der Waals surface area contributed by atoms with Crippen molar-refractivity contribution in [3.05, 3.63) is 33.8 Å². The van der Waals surface area contributed by atoms with Crippen LogP contribution in [0.25, 0.3) is 0 Å². The highest BCUT2D eigenvalue weighted by Crippen LogP contribution is 2.36. The number of methoxy groups -OCH3 is 1. The number of hydrogen-bond acceptors (Lipinski definition) is 3. The second kappa shape index (κ2) is 11.0. The molecule has 1 aromatic rings. The van der Waals surface area contributed by atoms with Gasteiger partial charge in [-0.25, -0.2) is 0 Å². The van der Waals surface area contributed by atoms with E-state index in [0.717, 1.165) is 35.5 Å². The fourth-order valence-corrected chi connectivity index (χ4v) is 3.45. The highest BCUT2D eigenvalue weighted by atomic mass is 79.9. The molecular weight excluding hydrogens is 378 g/mol. The summed E-state index contributed by atoms with van der Waals surface area (Å²) >= 11 is 3.56. The molecule has 23 heavy (non-hydrogen) atoms. The Labute approximate surface area is 154 Å². The lowest BCUT2D eigenvalue weighted by atomic mass is 9.97. The molecule has 3 nitrogen and oxygen atoms in total. The van der Waals surface area contributed by atoms with Crippen molar-refractivity contribution in [2.75, 3.05) is 20.3 Å². The molecule has 0 aliphatic heterocycles. The van der Waals surface area contributed by atoms with Crippen LogP contribution in [0.2, 0.25) is 0 Å². The number of halogens is 2. The van der Waals surface area contributed by atoms with Crippen LogP contribution >= 0.6 is 28.3 Å². The van der Waals surface area contributed by atoms with Gasteiger partial charge in [0.25, 0.3) is 0 Å². The lowest BCUT2D eigenvalue weighted by Crippen LogP contribution is -2.16. The number of ether oxygens (including phenoxy) is 2. The van der Waals surface area contributed by atoms with E-state index in [1.54, 1.807) is 12.7 Å². The molecule has 0 spiro atoms. The number of allylic oxidation sites excluding steroid dienone is 1. The maximum Gasteiger partial charge on any atom is 0.174 e. The van der Waals surface area contributed by atoms with Crippen molar-refractivity contribution >= 4 is 28.3 Å². The Balaban J connectivity index is 0.00000264. The highest BCUT2D eigenvalue weighted by molar-refractivity contribution is 9.10. The Morgan fingerprint density at radius 3 is 2.74 bits per heavy atom. The van der Waals surface area contributed by atoms with Gasteiger partial charge in [0, 0.05) is 6.54 Å². The van der Waals surface area contributed by atoms with Crippen molar-refractivity contribution < 1.29 is 9.47 Å². The molecule has 1 aliphatic rings. The molecule has 1 aromatic carbocycles. The highest BCUT2D eigenvalue weighted by Gasteiger charge is 2.11. The molecule has 0 amide bonds. The topological polar surface area (TPSA) is 30.5 Å². The van der Waals surface area contributed by atoms with E-state index in [0.29, 0.717) is 6.61 Å². The Morgan fingerprint density at radius 2 is 2.09 bits per heavy atom. The quantitative estimate of drug-likeness (QED) is 0.473. The average Bonchev–Trinajstić information content (AvgIpc) is 2.53. The predicted octanol–water partition coefficient (Wildman–Crippen LogP) is 5.26. The van der Waals surface area contributed by atoms with Gasteiger partial charge in [-0.3, -0.25) is 0 Å². The zero-order valence-electron chi connectivity index (χ0n) is 14.0. The third kappa shape index (κ3) is 6.36. The fraction of sp³-hybridized carbons (Fsp3) is 0.556. The summed E-state index contributed by atoms with van der Waals surface area (Å²) < 4.78 is 12.0. The maximum atomic E-state index is 5.66.